The van der Waals surface area contributed by atoms with Gasteiger partial charge in [-0.15, -0.1) is 0 Å². The lowest BCUT2D eigenvalue weighted by molar-refractivity contribution is -0.138. The first-order chi connectivity index (χ1) is 7.58. The molecule has 1 unspecified atom stereocenters. The van der Waals surface area contributed by atoms with Crippen LogP contribution in [0, 0.1) is 5.92 Å². The van der Waals surface area contributed by atoms with Gasteiger partial charge in [-0.3, -0.25) is 0 Å². The van der Waals surface area contributed by atoms with Crippen molar-refractivity contribution in [2.24, 2.45) is 5.92 Å². The van der Waals surface area contributed by atoms with E-state index in [1.54, 1.807) is 12.1 Å². The monoisotopic (exact) mass is 303 g/mol. The Kier molecular flexibility index (Phi) is 3.40. The largest absolute Gasteiger partial charge is 0.480 e. The van der Waals surface area contributed by atoms with Gasteiger partial charge in [0.2, 0.25) is 0 Å². The predicted molar refractivity (Wildman–Crippen MR) is 66.9 cm³/mol. The highest BCUT2D eigenvalue weighted by Crippen LogP contribution is 2.35. The third kappa shape index (κ3) is 2.68. The van der Waals surface area contributed by atoms with Crippen molar-refractivity contribution in [2.75, 3.05) is 5.32 Å². The fourth-order valence-corrected chi connectivity index (χ4v) is 2.00. The number of halogens is 2. The normalized spacial score (nSPS) is 16.9. The van der Waals surface area contributed by atoms with Gasteiger partial charge in [0.15, 0.2) is 0 Å². The number of anilines is 1. The number of nitrogens with one attached hydrogen (secondary N) is 1. The zero-order valence-electron chi connectivity index (χ0n) is 8.41. The highest BCUT2D eigenvalue weighted by molar-refractivity contribution is 9.10. The molecule has 1 aliphatic rings. The third-order valence-corrected chi connectivity index (χ3v) is 3.83. The average molecular weight is 305 g/mol. The second kappa shape index (κ2) is 4.63. The summed E-state index contributed by atoms with van der Waals surface area (Å²) >= 11 is 9.23. The van der Waals surface area contributed by atoms with Crippen molar-refractivity contribution in [1.82, 2.24) is 0 Å². The Morgan fingerprint density at radius 2 is 2.25 bits per heavy atom. The zero-order valence-corrected chi connectivity index (χ0v) is 10.8. The second-order valence-corrected chi connectivity index (χ2v) is 5.19. The molecule has 1 aromatic carbocycles. The Balaban J connectivity index is 2.12. The molecule has 0 aromatic heterocycles. The molecule has 0 amide bonds. The zero-order chi connectivity index (χ0) is 11.7. The molecule has 0 aliphatic heterocycles. The van der Waals surface area contributed by atoms with E-state index < -0.39 is 12.0 Å². The van der Waals surface area contributed by atoms with E-state index >= 15 is 0 Å². The van der Waals surface area contributed by atoms with E-state index in [9.17, 15) is 4.79 Å². The molecule has 3 nitrogen and oxygen atoms in total. The molecule has 1 atom stereocenters. The molecule has 16 heavy (non-hydrogen) atoms. The molecule has 2 N–H and O–H groups in total. The maximum Gasteiger partial charge on any atom is 0.326 e. The van der Waals surface area contributed by atoms with Crippen LogP contribution in [0.4, 0.5) is 5.69 Å². The quantitative estimate of drug-likeness (QED) is 0.896. The SMILES string of the molecule is O=C(O)C(Nc1ccc(Br)c(Cl)c1)C1CC1. The average Bonchev–Trinajstić information content (AvgIpc) is 3.03. The summed E-state index contributed by atoms with van der Waals surface area (Å²) in [6.45, 7) is 0. The van der Waals surface area contributed by atoms with Gasteiger partial charge in [-0.1, -0.05) is 11.6 Å². The molecule has 0 bridgehead atoms. The lowest BCUT2D eigenvalue weighted by Gasteiger charge is -2.15. The standard InChI is InChI=1S/C11H11BrClNO2/c12-8-4-3-7(5-9(8)13)14-10(11(15)16)6-1-2-6/h3-6,10,14H,1-2H2,(H,15,16). The molecule has 0 radical (unpaired) electrons. The highest BCUT2D eigenvalue weighted by Gasteiger charge is 2.36. The third-order valence-electron chi connectivity index (χ3n) is 2.60. The topological polar surface area (TPSA) is 49.3 Å². The molecule has 0 spiro atoms. The minimum absolute atomic E-state index is 0.250. The molecule has 1 saturated carbocycles. The van der Waals surface area contributed by atoms with Gasteiger partial charge in [0, 0.05) is 10.2 Å². The van der Waals surface area contributed by atoms with E-state index in [0.29, 0.717) is 5.02 Å². The molecular weight excluding hydrogens is 293 g/mol. The summed E-state index contributed by atoms with van der Waals surface area (Å²) in [7, 11) is 0. The summed E-state index contributed by atoms with van der Waals surface area (Å²) in [4.78, 5) is 11.0. The number of aliphatic carboxylic acids is 1. The molecular formula is C11H11BrClNO2. The van der Waals surface area contributed by atoms with Crippen LogP contribution in [0.2, 0.25) is 5.02 Å². The Bertz CT molecular complexity index is 420. The van der Waals surface area contributed by atoms with Crippen LogP contribution in [0.15, 0.2) is 22.7 Å². The molecule has 0 saturated heterocycles. The van der Waals surface area contributed by atoms with Gasteiger partial charge in [0.1, 0.15) is 6.04 Å². The Morgan fingerprint density at radius 1 is 1.56 bits per heavy atom. The molecule has 1 aliphatic carbocycles. The Hall–Kier alpha value is -0.740. The van der Waals surface area contributed by atoms with Crippen LogP contribution in [0.1, 0.15) is 12.8 Å². The van der Waals surface area contributed by atoms with Crippen LogP contribution in [0.3, 0.4) is 0 Å². The van der Waals surface area contributed by atoms with Gasteiger partial charge < -0.3 is 10.4 Å². The number of rotatable bonds is 4. The Morgan fingerprint density at radius 3 is 2.75 bits per heavy atom. The Labute approximate surface area is 107 Å². The van der Waals surface area contributed by atoms with Crippen LogP contribution in [0.5, 0.6) is 0 Å². The molecule has 2 rings (SSSR count). The van der Waals surface area contributed by atoms with Crippen molar-refractivity contribution < 1.29 is 9.90 Å². The summed E-state index contributed by atoms with van der Waals surface area (Å²) in [5, 5.41) is 12.6. The van der Waals surface area contributed by atoms with Gasteiger partial charge in [-0.2, -0.15) is 0 Å². The van der Waals surface area contributed by atoms with Gasteiger partial charge in [-0.05, 0) is 52.9 Å². The highest BCUT2D eigenvalue weighted by atomic mass is 79.9. The van der Waals surface area contributed by atoms with Crippen molar-refractivity contribution in [2.45, 2.75) is 18.9 Å². The summed E-state index contributed by atoms with van der Waals surface area (Å²) in [5.41, 5.74) is 0.743. The van der Waals surface area contributed by atoms with Gasteiger partial charge in [0.05, 0.1) is 5.02 Å². The van der Waals surface area contributed by atoms with Gasteiger partial charge in [-0.25, -0.2) is 4.79 Å². The number of carbonyl (C=O) groups is 1. The number of hydrogen-bond donors (Lipinski definition) is 2. The summed E-state index contributed by atoms with van der Waals surface area (Å²) < 4.78 is 0.804. The molecule has 0 heterocycles. The second-order valence-electron chi connectivity index (χ2n) is 3.93. The van der Waals surface area contributed by atoms with Crippen molar-refractivity contribution >= 4 is 39.2 Å². The smallest absolute Gasteiger partial charge is 0.326 e. The fraction of sp³-hybridized carbons (Fsp3) is 0.364. The minimum Gasteiger partial charge on any atom is -0.480 e. The number of hydrogen-bond acceptors (Lipinski definition) is 2. The lowest BCUT2D eigenvalue weighted by Crippen LogP contribution is -2.31. The van der Waals surface area contributed by atoms with Gasteiger partial charge in [0.25, 0.3) is 0 Å². The van der Waals surface area contributed by atoms with Crippen molar-refractivity contribution in [1.29, 1.82) is 0 Å². The van der Waals surface area contributed by atoms with E-state index in [1.165, 1.54) is 0 Å². The maximum atomic E-state index is 11.0. The molecule has 5 heteroatoms. The summed E-state index contributed by atoms with van der Waals surface area (Å²) in [6, 6.07) is 4.84. The fourth-order valence-electron chi connectivity index (χ4n) is 1.58. The lowest BCUT2D eigenvalue weighted by atomic mass is 10.1. The van der Waals surface area contributed by atoms with E-state index in [0.717, 1.165) is 23.0 Å². The number of carboxylic acids is 1. The predicted octanol–water partition coefficient (Wildman–Crippen LogP) is 3.38. The van der Waals surface area contributed by atoms with Crippen molar-refractivity contribution in [3.8, 4) is 0 Å². The molecule has 1 fully saturated rings. The van der Waals surface area contributed by atoms with Crippen LogP contribution < -0.4 is 5.32 Å². The van der Waals surface area contributed by atoms with Gasteiger partial charge >= 0.3 is 5.97 Å². The van der Waals surface area contributed by atoms with E-state index in [-0.39, 0.29) is 5.92 Å². The van der Waals surface area contributed by atoms with E-state index in [4.69, 9.17) is 16.7 Å². The first-order valence-corrected chi connectivity index (χ1v) is 6.19. The minimum atomic E-state index is -0.804. The molecule has 1 aromatic rings. The maximum absolute atomic E-state index is 11.0. The van der Waals surface area contributed by atoms with E-state index in [1.807, 2.05) is 6.07 Å². The van der Waals surface area contributed by atoms with Crippen molar-refractivity contribution in [3.05, 3.63) is 27.7 Å². The van der Waals surface area contributed by atoms with Crippen LogP contribution in [-0.4, -0.2) is 17.1 Å². The van der Waals surface area contributed by atoms with E-state index in [2.05, 4.69) is 21.2 Å². The first-order valence-electron chi connectivity index (χ1n) is 5.02. The first kappa shape index (κ1) is 11.7. The van der Waals surface area contributed by atoms with Crippen LogP contribution in [-0.2, 0) is 4.79 Å². The number of carboxylic acid groups (broad SMARTS) is 1. The van der Waals surface area contributed by atoms with Crippen LogP contribution >= 0.6 is 27.5 Å². The van der Waals surface area contributed by atoms with Crippen molar-refractivity contribution in [3.63, 3.8) is 0 Å². The number of benzene rings is 1. The summed E-state index contributed by atoms with van der Waals surface area (Å²) in [5.74, 6) is -0.554. The molecule has 86 valence electrons. The summed E-state index contributed by atoms with van der Waals surface area (Å²) in [6.07, 6.45) is 1.96. The van der Waals surface area contributed by atoms with Crippen LogP contribution in [0.25, 0.3) is 0 Å².